The minimum atomic E-state index is 0.214. The second kappa shape index (κ2) is 8.85. The first kappa shape index (κ1) is 17.7. The van der Waals surface area contributed by atoms with Crippen molar-refractivity contribution in [1.29, 1.82) is 0 Å². The number of carbonyl (C=O) groups excluding carboxylic acids is 1. The molecule has 2 rings (SSSR count). The van der Waals surface area contributed by atoms with Crippen LogP contribution in [0.5, 0.6) is 0 Å². The fraction of sp³-hybridized carbons (Fsp3) is 0.941. The lowest BCUT2D eigenvalue weighted by Crippen LogP contribution is -2.43. The van der Waals surface area contributed by atoms with Crippen molar-refractivity contribution in [2.45, 2.75) is 52.2 Å². The lowest BCUT2D eigenvalue weighted by molar-refractivity contribution is -0.136. The fourth-order valence-electron chi connectivity index (χ4n) is 3.57. The van der Waals surface area contributed by atoms with Crippen LogP contribution in [0.4, 0.5) is 0 Å². The van der Waals surface area contributed by atoms with E-state index in [-0.39, 0.29) is 12.0 Å². The Bertz CT molecular complexity index is 347. The minimum Gasteiger partial charge on any atom is -0.375 e. The Morgan fingerprint density at radius 2 is 2.09 bits per heavy atom. The van der Waals surface area contributed by atoms with E-state index in [0.29, 0.717) is 11.9 Å². The van der Waals surface area contributed by atoms with Gasteiger partial charge in [-0.25, -0.2) is 0 Å². The smallest absolute Gasteiger partial charge is 0.225 e. The van der Waals surface area contributed by atoms with Crippen molar-refractivity contribution >= 4 is 5.91 Å². The first-order valence-electron chi connectivity index (χ1n) is 9.00. The number of amides is 1. The lowest BCUT2D eigenvalue weighted by Gasteiger charge is -2.30. The third kappa shape index (κ3) is 4.93. The Kier molecular flexibility index (Phi) is 7.12. The summed E-state index contributed by atoms with van der Waals surface area (Å²) < 4.78 is 5.98. The molecule has 0 aromatic rings. The highest BCUT2D eigenvalue weighted by Gasteiger charge is 2.33. The van der Waals surface area contributed by atoms with Crippen LogP contribution in [-0.2, 0) is 9.53 Å². The number of hydrogen-bond donors (Lipinski definition) is 1. The molecule has 2 saturated heterocycles. The van der Waals surface area contributed by atoms with Gasteiger partial charge in [-0.1, -0.05) is 13.8 Å². The van der Waals surface area contributed by atoms with Crippen molar-refractivity contribution in [3.63, 3.8) is 0 Å². The van der Waals surface area contributed by atoms with Gasteiger partial charge in [-0.05, 0) is 45.8 Å². The highest BCUT2D eigenvalue weighted by molar-refractivity contribution is 5.79. The predicted octanol–water partition coefficient (Wildman–Crippen LogP) is 1.33. The van der Waals surface area contributed by atoms with Crippen molar-refractivity contribution in [1.82, 2.24) is 15.1 Å². The molecule has 22 heavy (non-hydrogen) atoms. The highest BCUT2D eigenvalue weighted by atomic mass is 16.5. The molecule has 2 aliphatic rings. The summed E-state index contributed by atoms with van der Waals surface area (Å²) in [5.74, 6) is 0.564. The van der Waals surface area contributed by atoms with E-state index in [1.807, 2.05) is 4.90 Å². The molecular formula is C17H33N3O2. The molecule has 0 bridgehead atoms. The van der Waals surface area contributed by atoms with Gasteiger partial charge in [0.1, 0.15) is 0 Å². The first-order valence-corrected chi connectivity index (χ1v) is 9.00. The minimum absolute atomic E-state index is 0.214. The van der Waals surface area contributed by atoms with Crippen LogP contribution in [0.2, 0.25) is 0 Å². The second-order valence-electron chi connectivity index (χ2n) is 6.67. The molecule has 0 aromatic carbocycles. The monoisotopic (exact) mass is 311 g/mol. The molecule has 2 fully saturated rings. The summed E-state index contributed by atoms with van der Waals surface area (Å²) in [6, 6.07) is 0.464. The van der Waals surface area contributed by atoms with Gasteiger partial charge in [0.2, 0.25) is 5.91 Å². The quantitative estimate of drug-likeness (QED) is 0.770. The normalized spacial score (nSPS) is 29.3. The van der Waals surface area contributed by atoms with Crippen LogP contribution in [0, 0.1) is 5.92 Å². The first-order chi connectivity index (χ1) is 10.6. The SMILES string of the molecule is CCN(CC)CCOC1CCN(C(=O)[C@H]2CCN[C@@H](C)C2)C1. The summed E-state index contributed by atoms with van der Waals surface area (Å²) >= 11 is 0. The van der Waals surface area contributed by atoms with E-state index in [2.05, 4.69) is 31.0 Å². The van der Waals surface area contributed by atoms with Gasteiger partial charge < -0.3 is 19.9 Å². The third-order valence-electron chi connectivity index (χ3n) is 5.09. The number of piperidine rings is 1. The maximum atomic E-state index is 12.6. The van der Waals surface area contributed by atoms with E-state index in [1.54, 1.807) is 0 Å². The Hall–Kier alpha value is -0.650. The number of rotatable bonds is 7. The molecule has 1 amide bonds. The van der Waals surface area contributed by atoms with Crippen molar-refractivity contribution in [2.75, 3.05) is 45.9 Å². The molecule has 0 saturated carbocycles. The molecule has 2 aliphatic heterocycles. The van der Waals surface area contributed by atoms with Crippen molar-refractivity contribution in [2.24, 2.45) is 5.92 Å². The van der Waals surface area contributed by atoms with Crippen LogP contribution in [0.1, 0.15) is 40.0 Å². The summed E-state index contributed by atoms with van der Waals surface area (Å²) in [6.45, 7) is 13.1. The van der Waals surface area contributed by atoms with Crippen molar-refractivity contribution in [3.05, 3.63) is 0 Å². The summed E-state index contributed by atoms with van der Waals surface area (Å²) in [4.78, 5) is 17.0. The zero-order valence-electron chi connectivity index (χ0n) is 14.5. The van der Waals surface area contributed by atoms with Crippen molar-refractivity contribution < 1.29 is 9.53 Å². The van der Waals surface area contributed by atoms with Crippen LogP contribution in [0.25, 0.3) is 0 Å². The van der Waals surface area contributed by atoms with Crippen LogP contribution in [-0.4, -0.2) is 73.7 Å². The third-order valence-corrected chi connectivity index (χ3v) is 5.09. The number of carbonyl (C=O) groups is 1. The molecule has 1 N–H and O–H groups in total. The largest absolute Gasteiger partial charge is 0.375 e. The van der Waals surface area contributed by atoms with Gasteiger partial charge in [-0.15, -0.1) is 0 Å². The maximum Gasteiger partial charge on any atom is 0.225 e. The standard InChI is InChI=1S/C17H33N3O2/c1-4-19(5-2)10-11-22-16-7-9-20(13-16)17(21)15-6-8-18-14(3)12-15/h14-16,18H,4-13H2,1-3H3/t14-,15-,16?/m0/s1. The van der Waals surface area contributed by atoms with Gasteiger partial charge in [0.05, 0.1) is 12.7 Å². The molecule has 2 heterocycles. The number of nitrogens with one attached hydrogen (secondary N) is 1. The van der Waals surface area contributed by atoms with Crippen LogP contribution in [0.3, 0.4) is 0 Å². The van der Waals surface area contributed by atoms with Gasteiger partial charge in [0, 0.05) is 31.6 Å². The molecule has 0 aromatic heterocycles. The topological polar surface area (TPSA) is 44.8 Å². The number of likely N-dealkylation sites (tertiary alicyclic amines) is 1. The molecular weight excluding hydrogens is 278 g/mol. The fourth-order valence-corrected chi connectivity index (χ4v) is 3.57. The molecule has 0 radical (unpaired) electrons. The van der Waals surface area contributed by atoms with Crippen LogP contribution < -0.4 is 5.32 Å². The maximum absolute atomic E-state index is 12.6. The Balaban J connectivity index is 1.69. The Labute approximate surface area is 135 Å². The van der Waals surface area contributed by atoms with Gasteiger partial charge in [-0.2, -0.15) is 0 Å². The van der Waals surface area contributed by atoms with E-state index >= 15 is 0 Å². The lowest BCUT2D eigenvalue weighted by atomic mass is 9.92. The highest BCUT2D eigenvalue weighted by Crippen LogP contribution is 2.22. The van der Waals surface area contributed by atoms with E-state index in [9.17, 15) is 4.79 Å². The summed E-state index contributed by atoms with van der Waals surface area (Å²) in [5, 5.41) is 3.42. The average molecular weight is 311 g/mol. The van der Waals surface area contributed by atoms with E-state index in [4.69, 9.17) is 4.74 Å². The van der Waals surface area contributed by atoms with Crippen LogP contribution in [0.15, 0.2) is 0 Å². The number of ether oxygens (including phenoxy) is 1. The van der Waals surface area contributed by atoms with Gasteiger partial charge in [0.15, 0.2) is 0 Å². The van der Waals surface area contributed by atoms with Gasteiger partial charge in [-0.3, -0.25) is 4.79 Å². The van der Waals surface area contributed by atoms with E-state index in [0.717, 1.165) is 65.1 Å². The molecule has 128 valence electrons. The summed E-state index contributed by atoms with van der Waals surface area (Å²) in [6.07, 6.45) is 3.18. The molecule has 3 atom stereocenters. The van der Waals surface area contributed by atoms with Gasteiger partial charge >= 0.3 is 0 Å². The molecule has 5 nitrogen and oxygen atoms in total. The van der Waals surface area contributed by atoms with Crippen LogP contribution >= 0.6 is 0 Å². The number of hydrogen-bond acceptors (Lipinski definition) is 4. The summed E-state index contributed by atoms with van der Waals surface area (Å²) in [5.41, 5.74) is 0. The van der Waals surface area contributed by atoms with Gasteiger partial charge in [0.25, 0.3) is 0 Å². The summed E-state index contributed by atoms with van der Waals surface area (Å²) in [7, 11) is 0. The second-order valence-corrected chi connectivity index (χ2v) is 6.67. The zero-order valence-corrected chi connectivity index (χ0v) is 14.5. The predicted molar refractivity (Wildman–Crippen MR) is 88.9 cm³/mol. The molecule has 1 unspecified atom stereocenters. The Morgan fingerprint density at radius 3 is 2.77 bits per heavy atom. The molecule has 0 spiro atoms. The average Bonchev–Trinajstić information content (AvgIpc) is 2.99. The van der Waals surface area contributed by atoms with Crippen molar-refractivity contribution in [3.8, 4) is 0 Å². The number of nitrogens with zero attached hydrogens (tertiary/aromatic N) is 2. The Morgan fingerprint density at radius 1 is 1.32 bits per heavy atom. The number of likely N-dealkylation sites (N-methyl/N-ethyl adjacent to an activating group) is 1. The zero-order chi connectivity index (χ0) is 15.9. The van der Waals surface area contributed by atoms with E-state index < -0.39 is 0 Å². The molecule has 0 aliphatic carbocycles. The molecule has 5 heteroatoms. The van der Waals surface area contributed by atoms with E-state index in [1.165, 1.54) is 0 Å².